The summed E-state index contributed by atoms with van der Waals surface area (Å²) in [5.41, 5.74) is 3.85. The minimum Gasteiger partial charge on any atom is -0.337 e. The molecule has 0 saturated carbocycles. The van der Waals surface area contributed by atoms with Crippen LogP contribution in [0.4, 0.5) is 5.13 Å². The molecule has 0 fully saturated rings. The molecule has 4 aromatic rings. The van der Waals surface area contributed by atoms with Crippen molar-refractivity contribution in [3.63, 3.8) is 0 Å². The first-order chi connectivity index (χ1) is 12.4. The van der Waals surface area contributed by atoms with E-state index in [0.717, 1.165) is 34.1 Å². The van der Waals surface area contributed by atoms with Gasteiger partial charge >= 0.3 is 0 Å². The zero-order valence-corrected chi connectivity index (χ0v) is 14.3. The lowest BCUT2D eigenvalue weighted by atomic mass is 10.0. The van der Waals surface area contributed by atoms with Gasteiger partial charge in [-0.25, -0.2) is 0 Å². The van der Waals surface area contributed by atoms with Crippen LogP contribution >= 0.6 is 11.3 Å². The van der Waals surface area contributed by atoms with E-state index in [-0.39, 0.29) is 0 Å². The third-order valence-electron chi connectivity index (χ3n) is 4.54. The van der Waals surface area contributed by atoms with Gasteiger partial charge in [-0.15, -0.1) is 10.2 Å². The highest BCUT2D eigenvalue weighted by Gasteiger charge is 2.20. The van der Waals surface area contributed by atoms with E-state index >= 15 is 0 Å². The SMILES string of the molecule is [CH]1Cc2ccccc2CN1c1nnc(-c2ccc3cnccc3c2)s1. The number of nitrogens with zero attached hydrogens (tertiary/aromatic N) is 4. The van der Waals surface area contributed by atoms with Gasteiger partial charge in [0.25, 0.3) is 0 Å². The molecule has 0 saturated heterocycles. The normalized spacial score (nSPS) is 13.8. The van der Waals surface area contributed by atoms with Crippen molar-refractivity contribution in [1.82, 2.24) is 15.2 Å². The second-order valence-corrected chi connectivity index (χ2v) is 7.07. The average molecular weight is 343 g/mol. The number of anilines is 1. The Balaban J connectivity index is 1.45. The van der Waals surface area contributed by atoms with Crippen molar-refractivity contribution < 1.29 is 0 Å². The maximum absolute atomic E-state index is 4.42. The Morgan fingerprint density at radius 1 is 0.920 bits per heavy atom. The van der Waals surface area contributed by atoms with E-state index in [1.54, 1.807) is 11.3 Å². The summed E-state index contributed by atoms with van der Waals surface area (Å²) >= 11 is 1.63. The molecule has 3 heterocycles. The average Bonchev–Trinajstić information content (AvgIpc) is 3.17. The molecule has 0 spiro atoms. The molecular weight excluding hydrogens is 328 g/mol. The molecule has 0 atom stereocenters. The Bertz CT molecular complexity index is 1060. The number of hydrogen-bond donors (Lipinski definition) is 0. The molecule has 0 bridgehead atoms. The van der Waals surface area contributed by atoms with Crippen LogP contribution in [0.2, 0.25) is 0 Å². The highest BCUT2D eigenvalue weighted by Crippen LogP contribution is 2.33. The Morgan fingerprint density at radius 2 is 1.84 bits per heavy atom. The standard InChI is InChI=1S/C20H15N4S/c1-2-4-18-13-24(10-8-14(18)3-1)20-23-22-19(25-20)16-5-6-17-12-21-9-7-15(17)11-16/h1-7,9-12H,8,13H2. The molecule has 121 valence electrons. The predicted molar refractivity (Wildman–Crippen MR) is 101 cm³/mol. The highest BCUT2D eigenvalue weighted by molar-refractivity contribution is 7.18. The Morgan fingerprint density at radius 3 is 2.80 bits per heavy atom. The van der Waals surface area contributed by atoms with Gasteiger partial charge in [0.05, 0.1) is 6.54 Å². The lowest BCUT2D eigenvalue weighted by Gasteiger charge is -2.27. The summed E-state index contributed by atoms with van der Waals surface area (Å²) in [6.45, 7) is 3.06. The van der Waals surface area contributed by atoms with E-state index in [2.05, 4.69) is 69.1 Å². The Kier molecular flexibility index (Phi) is 3.45. The molecule has 5 heteroatoms. The molecule has 0 unspecified atom stereocenters. The molecule has 1 aliphatic heterocycles. The van der Waals surface area contributed by atoms with Gasteiger partial charge < -0.3 is 4.90 Å². The fourth-order valence-corrected chi connectivity index (χ4v) is 4.02. The van der Waals surface area contributed by atoms with Crippen molar-refractivity contribution >= 4 is 27.2 Å². The van der Waals surface area contributed by atoms with Crippen molar-refractivity contribution in [2.45, 2.75) is 13.0 Å². The van der Waals surface area contributed by atoms with Crippen LogP contribution in [0.25, 0.3) is 21.3 Å². The third kappa shape index (κ3) is 2.66. The smallest absolute Gasteiger partial charge is 0.209 e. The van der Waals surface area contributed by atoms with Crippen LogP contribution in [-0.2, 0) is 13.0 Å². The van der Waals surface area contributed by atoms with Gasteiger partial charge in [0.15, 0.2) is 0 Å². The van der Waals surface area contributed by atoms with E-state index in [1.807, 2.05) is 18.5 Å². The van der Waals surface area contributed by atoms with Crippen molar-refractivity contribution in [2.75, 3.05) is 4.90 Å². The van der Waals surface area contributed by atoms with E-state index in [1.165, 1.54) is 16.5 Å². The molecule has 25 heavy (non-hydrogen) atoms. The van der Waals surface area contributed by atoms with Crippen LogP contribution in [0.3, 0.4) is 0 Å². The molecule has 5 rings (SSSR count). The molecule has 2 aromatic carbocycles. The van der Waals surface area contributed by atoms with Crippen LogP contribution in [0.1, 0.15) is 11.1 Å². The minimum absolute atomic E-state index is 0.855. The van der Waals surface area contributed by atoms with Crippen LogP contribution in [0.5, 0.6) is 0 Å². The topological polar surface area (TPSA) is 41.9 Å². The summed E-state index contributed by atoms with van der Waals surface area (Å²) in [5.74, 6) is 0. The maximum atomic E-state index is 4.42. The lowest BCUT2D eigenvalue weighted by molar-refractivity contribution is 0.800. The second-order valence-electron chi connectivity index (χ2n) is 6.11. The first-order valence-corrected chi connectivity index (χ1v) is 9.03. The van der Waals surface area contributed by atoms with Gasteiger partial charge in [0.2, 0.25) is 5.13 Å². The van der Waals surface area contributed by atoms with Crippen LogP contribution in [-0.4, -0.2) is 15.2 Å². The summed E-state index contributed by atoms with van der Waals surface area (Å²) in [6.07, 6.45) is 4.64. The summed E-state index contributed by atoms with van der Waals surface area (Å²) in [4.78, 5) is 6.37. The van der Waals surface area contributed by atoms with Crippen molar-refractivity contribution in [2.24, 2.45) is 0 Å². The monoisotopic (exact) mass is 343 g/mol. The third-order valence-corrected chi connectivity index (χ3v) is 5.55. The fourth-order valence-electron chi connectivity index (χ4n) is 3.18. The largest absolute Gasteiger partial charge is 0.337 e. The first-order valence-electron chi connectivity index (χ1n) is 8.21. The molecule has 0 amide bonds. The molecule has 1 radical (unpaired) electrons. The van der Waals surface area contributed by atoms with Crippen LogP contribution in [0.15, 0.2) is 60.9 Å². The van der Waals surface area contributed by atoms with E-state index < -0.39 is 0 Å². The van der Waals surface area contributed by atoms with Crippen molar-refractivity contribution in [3.05, 3.63) is 78.6 Å². The van der Waals surface area contributed by atoms with Gasteiger partial charge in [0.1, 0.15) is 5.01 Å². The summed E-state index contributed by atoms with van der Waals surface area (Å²) in [5, 5.41) is 13.0. The van der Waals surface area contributed by atoms with E-state index in [4.69, 9.17) is 0 Å². The minimum atomic E-state index is 0.855. The number of hydrogen-bond acceptors (Lipinski definition) is 5. The molecule has 1 aliphatic rings. The summed E-state index contributed by atoms with van der Waals surface area (Å²) in [7, 11) is 0. The zero-order valence-electron chi connectivity index (χ0n) is 13.5. The highest BCUT2D eigenvalue weighted by atomic mass is 32.1. The Hall–Kier alpha value is -2.79. The first kappa shape index (κ1) is 14.5. The second kappa shape index (κ2) is 5.93. The van der Waals surface area contributed by atoms with E-state index in [9.17, 15) is 0 Å². The van der Waals surface area contributed by atoms with E-state index in [0.29, 0.717) is 0 Å². The molecule has 4 nitrogen and oxygen atoms in total. The molecule has 2 aromatic heterocycles. The maximum Gasteiger partial charge on any atom is 0.209 e. The van der Waals surface area contributed by atoms with Crippen molar-refractivity contribution in [3.8, 4) is 10.6 Å². The number of pyridine rings is 1. The number of benzene rings is 2. The van der Waals surface area contributed by atoms with Crippen molar-refractivity contribution in [1.29, 1.82) is 0 Å². The number of fused-ring (bicyclic) bond motifs is 2. The molecule has 0 aliphatic carbocycles. The summed E-state index contributed by atoms with van der Waals surface area (Å²) in [6, 6.07) is 16.9. The molecule has 0 N–H and O–H groups in total. The van der Waals surface area contributed by atoms with Crippen LogP contribution in [0, 0.1) is 6.54 Å². The van der Waals surface area contributed by atoms with Crippen LogP contribution < -0.4 is 4.90 Å². The lowest BCUT2D eigenvalue weighted by Crippen LogP contribution is -2.25. The Labute approximate surface area is 149 Å². The predicted octanol–water partition coefficient (Wildman–Crippen LogP) is 4.48. The quantitative estimate of drug-likeness (QED) is 0.538. The van der Waals surface area contributed by atoms with Gasteiger partial charge in [-0.1, -0.05) is 47.7 Å². The van der Waals surface area contributed by atoms with Gasteiger partial charge in [0, 0.05) is 29.9 Å². The fraction of sp³-hybridized carbons (Fsp3) is 0.100. The van der Waals surface area contributed by atoms with Gasteiger partial charge in [-0.3, -0.25) is 4.98 Å². The zero-order chi connectivity index (χ0) is 16.6. The van der Waals surface area contributed by atoms with Gasteiger partial charge in [-0.05, 0) is 35.1 Å². The summed E-state index contributed by atoms with van der Waals surface area (Å²) < 4.78 is 0. The number of rotatable bonds is 2. The molecular formula is C20H15N4S. The number of aromatic nitrogens is 3. The van der Waals surface area contributed by atoms with Gasteiger partial charge in [-0.2, -0.15) is 0 Å².